The average molecular weight is 369 g/mol. The number of ether oxygens (including phenoxy) is 1. The summed E-state index contributed by atoms with van der Waals surface area (Å²) in [5, 5.41) is 3.41. The van der Waals surface area contributed by atoms with Crippen LogP contribution in [0.4, 0.5) is 8.78 Å². The summed E-state index contributed by atoms with van der Waals surface area (Å²) in [6, 6.07) is 10.4. The predicted octanol–water partition coefficient (Wildman–Crippen LogP) is 5.65. The lowest BCUT2D eigenvalue weighted by molar-refractivity contribution is 0.275. The quantitative estimate of drug-likeness (QED) is 0.540. The Morgan fingerprint density at radius 1 is 1.10 bits per heavy atom. The van der Waals surface area contributed by atoms with Gasteiger partial charge in [0.1, 0.15) is 6.61 Å². The van der Waals surface area contributed by atoms with Crippen LogP contribution >= 0.6 is 27.3 Å². The van der Waals surface area contributed by atoms with Crippen LogP contribution < -0.4 is 4.74 Å². The molecule has 0 saturated heterocycles. The minimum Gasteiger partial charge on any atom is -0.483 e. The van der Waals surface area contributed by atoms with Crippen molar-refractivity contribution >= 4 is 37.4 Å². The van der Waals surface area contributed by atoms with Gasteiger partial charge in [0, 0.05) is 15.6 Å². The van der Waals surface area contributed by atoms with E-state index in [9.17, 15) is 8.78 Å². The van der Waals surface area contributed by atoms with Crippen LogP contribution in [0.2, 0.25) is 0 Å². The van der Waals surface area contributed by atoms with Crippen LogP contribution in [0.25, 0.3) is 10.1 Å². The first kappa shape index (κ1) is 14.5. The fraction of sp³-hybridized carbons (Fsp3) is 0.125. The third-order valence-corrected chi connectivity index (χ3v) is 4.81. The molecule has 0 fully saturated rings. The molecule has 0 radical (unpaired) electrons. The van der Waals surface area contributed by atoms with Gasteiger partial charge in [-0.25, -0.2) is 8.78 Å². The molecule has 21 heavy (non-hydrogen) atoms. The van der Waals surface area contributed by atoms with Crippen molar-refractivity contribution in [2.24, 2.45) is 0 Å². The molecule has 0 spiro atoms. The van der Waals surface area contributed by atoms with Crippen molar-refractivity contribution in [2.75, 3.05) is 0 Å². The van der Waals surface area contributed by atoms with Gasteiger partial charge >= 0.3 is 0 Å². The number of halogens is 3. The highest BCUT2D eigenvalue weighted by Crippen LogP contribution is 2.29. The van der Waals surface area contributed by atoms with Crippen LogP contribution in [0.5, 0.6) is 5.75 Å². The van der Waals surface area contributed by atoms with Crippen LogP contribution in [-0.4, -0.2) is 0 Å². The molecule has 2 aromatic carbocycles. The maximum atomic E-state index is 13.9. The van der Waals surface area contributed by atoms with E-state index in [4.69, 9.17) is 4.74 Å². The van der Waals surface area contributed by atoms with E-state index in [0.29, 0.717) is 10.9 Å². The first-order valence-electron chi connectivity index (χ1n) is 6.31. The number of hydrogen-bond donors (Lipinski definition) is 0. The third-order valence-electron chi connectivity index (χ3n) is 3.15. The van der Waals surface area contributed by atoms with Gasteiger partial charge in [-0.2, -0.15) is 0 Å². The maximum absolute atomic E-state index is 13.9. The largest absolute Gasteiger partial charge is 0.483 e. The lowest BCUT2D eigenvalue weighted by Crippen LogP contribution is -2.00. The zero-order chi connectivity index (χ0) is 14.8. The molecule has 0 atom stereocenters. The molecule has 0 aliphatic heterocycles. The number of alkyl halides is 1. The predicted molar refractivity (Wildman–Crippen MR) is 85.1 cm³/mol. The molecule has 0 saturated carbocycles. The van der Waals surface area contributed by atoms with Crippen LogP contribution in [0, 0.1) is 11.6 Å². The molecule has 3 rings (SSSR count). The van der Waals surface area contributed by atoms with Gasteiger partial charge in [-0.05, 0) is 34.5 Å². The molecular formula is C16H11BrF2OS. The van der Waals surface area contributed by atoms with Crippen LogP contribution in [0.3, 0.4) is 0 Å². The highest BCUT2D eigenvalue weighted by molar-refractivity contribution is 9.08. The molecule has 3 aromatic rings. The second-order valence-electron chi connectivity index (χ2n) is 4.57. The minimum absolute atomic E-state index is 0.144. The molecule has 0 aliphatic carbocycles. The van der Waals surface area contributed by atoms with Gasteiger partial charge in [-0.15, -0.1) is 11.3 Å². The second-order valence-corrected chi connectivity index (χ2v) is 6.04. The summed E-state index contributed by atoms with van der Waals surface area (Å²) in [4.78, 5) is 0. The van der Waals surface area contributed by atoms with E-state index < -0.39 is 11.6 Å². The standard InChI is InChI=1S/C16H11BrF2OS/c17-7-10-5-13(18)16(14(19)6-10)20-8-11-9-21-15-4-2-1-3-12(11)15/h1-6,9H,7-8H2. The van der Waals surface area contributed by atoms with Crippen LogP contribution in [-0.2, 0) is 11.9 Å². The molecule has 108 valence electrons. The summed E-state index contributed by atoms with van der Waals surface area (Å²) in [5.74, 6) is -1.68. The van der Waals surface area contributed by atoms with Gasteiger partial charge in [0.05, 0.1) is 0 Å². The van der Waals surface area contributed by atoms with Crippen molar-refractivity contribution in [1.29, 1.82) is 0 Å². The molecule has 0 N–H and O–H groups in total. The van der Waals surface area contributed by atoms with E-state index >= 15 is 0 Å². The molecule has 0 unspecified atom stereocenters. The molecule has 1 aromatic heterocycles. The summed E-state index contributed by atoms with van der Waals surface area (Å²) in [7, 11) is 0. The Balaban J connectivity index is 1.85. The Morgan fingerprint density at radius 3 is 2.52 bits per heavy atom. The summed E-state index contributed by atoms with van der Waals surface area (Å²) in [6.45, 7) is 0.144. The van der Waals surface area contributed by atoms with Gasteiger partial charge in [0.2, 0.25) is 0 Å². The first-order valence-corrected chi connectivity index (χ1v) is 8.31. The molecule has 0 amide bonds. The molecule has 0 aliphatic rings. The van der Waals surface area contributed by atoms with E-state index in [1.165, 1.54) is 12.1 Å². The van der Waals surface area contributed by atoms with Crippen LogP contribution in [0.1, 0.15) is 11.1 Å². The lowest BCUT2D eigenvalue weighted by atomic mass is 10.2. The van der Waals surface area contributed by atoms with Gasteiger partial charge < -0.3 is 4.74 Å². The zero-order valence-electron chi connectivity index (χ0n) is 10.9. The number of rotatable bonds is 4. The smallest absolute Gasteiger partial charge is 0.191 e. The molecule has 5 heteroatoms. The van der Waals surface area contributed by atoms with E-state index in [2.05, 4.69) is 15.9 Å². The fourth-order valence-corrected chi connectivity index (χ4v) is 3.39. The van der Waals surface area contributed by atoms with E-state index in [-0.39, 0.29) is 12.4 Å². The van der Waals surface area contributed by atoms with Gasteiger partial charge in [-0.3, -0.25) is 0 Å². The van der Waals surface area contributed by atoms with Gasteiger partial charge in [0.25, 0.3) is 0 Å². The summed E-state index contributed by atoms with van der Waals surface area (Å²) >= 11 is 4.77. The van der Waals surface area contributed by atoms with Crippen molar-refractivity contribution in [3.8, 4) is 5.75 Å². The molecule has 1 heterocycles. The van der Waals surface area contributed by atoms with E-state index in [0.717, 1.165) is 15.6 Å². The Hall–Kier alpha value is -1.46. The number of fused-ring (bicyclic) bond motifs is 1. The van der Waals surface area contributed by atoms with Crippen molar-refractivity contribution in [3.63, 3.8) is 0 Å². The monoisotopic (exact) mass is 368 g/mol. The Bertz CT molecular complexity index is 762. The Morgan fingerprint density at radius 2 is 1.81 bits per heavy atom. The Labute approximate surface area is 133 Å². The van der Waals surface area contributed by atoms with Crippen molar-refractivity contribution in [2.45, 2.75) is 11.9 Å². The highest BCUT2D eigenvalue weighted by atomic mass is 79.9. The average Bonchev–Trinajstić information content (AvgIpc) is 2.89. The van der Waals surface area contributed by atoms with Crippen molar-refractivity contribution in [1.82, 2.24) is 0 Å². The second kappa shape index (κ2) is 6.12. The van der Waals surface area contributed by atoms with Crippen molar-refractivity contribution < 1.29 is 13.5 Å². The number of benzene rings is 2. The first-order chi connectivity index (χ1) is 10.2. The summed E-state index contributed by atoms with van der Waals surface area (Å²) < 4.78 is 34.2. The Kier molecular flexibility index (Phi) is 4.22. The highest BCUT2D eigenvalue weighted by Gasteiger charge is 2.13. The third kappa shape index (κ3) is 2.94. The lowest BCUT2D eigenvalue weighted by Gasteiger charge is -2.09. The van der Waals surface area contributed by atoms with Crippen molar-refractivity contribution in [3.05, 3.63) is 64.5 Å². The van der Waals surface area contributed by atoms with Gasteiger partial charge in [-0.1, -0.05) is 34.1 Å². The molecule has 1 nitrogen and oxygen atoms in total. The SMILES string of the molecule is Fc1cc(CBr)cc(F)c1OCc1csc2ccccc12. The fourth-order valence-electron chi connectivity index (χ4n) is 2.12. The normalized spacial score (nSPS) is 11.0. The zero-order valence-corrected chi connectivity index (χ0v) is 13.3. The number of hydrogen-bond acceptors (Lipinski definition) is 2. The van der Waals surface area contributed by atoms with E-state index in [1.54, 1.807) is 11.3 Å². The summed E-state index contributed by atoms with van der Waals surface area (Å²) in [6.07, 6.45) is 0. The maximum Gasteiger partial charge on any atom is 0.191 e. The summed E-state index contributed by atoms with van der Waals surface area (Å²) in [5.41, 5.74) is 1.47. The minimum atomic E-state index is -0.677. The van der Waals surface area contributed by atoms with E-state index in [1.807, 2.05) is 29.6 Å². The molecule has 0 bridgehead atoms. The van der Waals surface area contributed by atoms with Gasteiger partial charge in [0.15, 0.2) is 17.4 Å². The van der Waals surface area contributed by atoms with Crippen LogP contribution in [0.15, 0.2) is 41.8 Å². The molecular weight excluding hydrogens is 358 g/mol. The topological polar surface area (TPSA) is 9.23 Å². The number of thiophene rings is 1.